The van der Waals surface area contributed by atoms with Crippen LogP contribution in [0, 0.1) is 5.92 Å². The summed E-state index contributed by atoms with van der Waals surface area (Å²) < 4.78 is 5.03. The normalized spacial score (nSPS) is 12.1. The van der Waals surface area contributed by atoms with Crippen LogP contribution in [0.25, 0.3) is 0 Å². The number of ether oxygens (including phenoxy) is 1. The van der Waals surface area contributed by atoms with Gasteiger partial charge in [0.15, 0.2) is 0 Å². The summed E-state index contributed by atoms with van der Waals surface area (Å²) in [4.78, 5) is 23.0. The highest BCUT2D eigenvalue weighted by Crippen LogP contribution is 2.18. The molecule has 0 aliphatic carbocycles. The van der Waals surface area contributed by atoms with Gasteiger partial charge in [-0.1, -0.05) is 147 Å². The van der Waals surface area contributed by atoms with Gasteiger partial charge in [-0.25, -0.2) is 0 Å². The Bertz CT molecular complexity index is 555. The van der Waals surface area contributed by atoms with E-state index < -0.39 is 17.9 Å². The predicted octanol–water partition coefficient (Wildman–Crippen LogP) is 10.4. The summed E-state index contributed by atoms with van der Waals surface area (Å²) >= 11 is 0. The van der Waals surface area contributed by atoms with Crippen molar-refractivity contribution in [1.82, 2.24) is 0 Å². The highest BCUT2D eigenvalue weighted by Gasteiger charge is 2.22. The van der Waals surface area contributed by atoms with Gasteiger partial charge in [0.2, 0.25) is 0 Å². The minimum atomic E-state index is -0.945. The fraction of sp³-hybridized carbons (Fsp3) is 0.818. The molecule has 0 saturated heterocycles. The van der Waals surface area contributed by atoms with Gasteiger partial charge in [0, 0.05) is 0 Å². The van der Waals surface area contributed by atoms with Gasteiger partial charge >= 0.3 is 11.9 Å². The Kier molecular flexibility index (Phi) is 27.7. The quantitative estimate of drug-likeness (QED) is 0.0605. The number of rotatable bonds is 29. The maximum Gasteiger partial charge on any atom is 0.309 e. The van der Waals surface area contributed by atoms with Crippen LogP contribution in [0.3, 0.4) is 0 Å². The van der Waals surface area contributed by atoms with E-state index >= 15 is 0 Å². The molecule has 1 N–H and O–H groups in total. The van der Waals surface area contributed by atoms with E-state index in [-0.39, 0.29) is 13.0 Å². The van der Waals surface area contributed by atoms with E-state index in [9.17, 15) is 9.59 Å². The Labute approximate surface area is 229 Å². The maximum atomic E-state index is 12.0. The van der Waals surface area contributed by atoms with Gasteiger partial charge in [-0.05, 0) is 32.1 Å². The number of allylic oxidation sites excluding steroid dienone is 2. The lowest BCUT2D eigenvalue weighted by Crippen LogP contribution is -2.21. The highest BCUT2D eigenvalue weighted by molar-refractivity contribution is 5.79. The first-order valence-electron chi connectivity index (χ1n) is 15.8. The van der Waals surface area contributed by atoms with E-state index in [0.29, 0.717) is 6.42 Å². The number of carboxylic acid groups (broad SMARTS) is 1. The molecule has 0 aliphatic rings. The molecule has 4 nitrogen and oxygen atoms in total. The average Bonchev–Trinajstić information content (AvgIpc) is 2.88. The number of hydrogen-bond donors (Lipinski definition) is 1. The van der Waals surface area contributed by atoms with E-state index in [1.54, 1.807) is 0 Å². The highest BCUT2D eigenvalue weighted by atomic mass is 16.5. The zero-order valence-electron chi connectivity index (χ0n) is 24.4. The summed E-state index contributed by atoms with van der Waals surface area (Å²) in [6, 6.07) is 0. The smallest absolute Gasteiger partial charge is 0.309 e. The third kappa shape index (κ3) is 27.3. The van der Waals surface area contributed by atoms with E-state index in [1.165, 1.54) is 128 Å². The van der Waals surface area contributed by atoms with Gasteiger partial charge in [0.05, 0.1) is 12.3 Å². The number of carbonyl (C=O) groups excluding carboxylic acids is 1. The van der Waals surface area contributed by atoms with Crippen molar-refractivity contribution in [3.05, 3.63) is 24.8 Å². The van der Waals surface area contributed by atoms with Crippen molar-refractivity contribution in [2.24, 2.45) is 5.92 Å². The Morgan fingerprint density at radius 1 is 0.676 bits per heavy atom. The van der Waals surface area contributed by atoms with Crippen LogP contribution < -0.4 is 0 Å². The number of unbranched alkanes of at least 4 members (excludes halogenated alkanes) is 20. The summed E-state index contributed by atoms with van der Waals surface area (Å²) in [7, 11) is 0. The molecular weight excluding hydrogens is 460 g/mol. The molecule has 0 aromatic carbocycles. The van der Waals surface area contributed by atoms with Crippen LogP contribution in [0.2, 0.25) is 0 Å². The summed E-state index contributed by atoms with van der Waals surface area (Å²) in [5, 5.41) is 9.01. The van der Waals surface area contributed by atoms with Gasteiger partial charge in [0.25, 0.3) is 0 Å². The minimum absolute atomic E-state index is 0.143. The van der Waals surface area contributed by atoms with Crippen LogP contribution >= 0.6 is 0 Å². The summed E-state index contributed by atoms with van der Waals surface area (Å²) in [6.45, 7) is 5.95. The zero-order valence-corrected chi connectivity index (χ0v) is 24.4. The molecule has 0 aromatic rings. The van der Waals surface area contributed by atoms with Gasteiger partial charge in [0.1, 0.15) is 6.61 Å². The molecule has 0 bridgehead atoms. The molecule has 0 saturated carbocycles. The van der Waals surface area contributed by atoms with E-state index in [0.717, 1.165) is 19.3 Å². The molecule has 4 heteroatoms. The van der Waals surface area contributed by atoms with Crippen molar-refractivity contribution in [3.8, 4) is 0 Å². The fourth-order valence-electron chi connectivity index (χ4n) is 4.83. The van der Waals surface area contributed by atoms with Gasteiger partial charge in [-0.2, -0.15) is 0 Å². The Hall–Kier alpha value is -1.58. The van der Waals surface area contributed by atoms with Crippen molar-refractivity contribution in [2.75, 3.05) is 6.61 Å². The SMILES string of the molecule is C=CCOC(=O)C(CCCCCCCCCC/C=C/CCCCCCCCCCCCCC)CC(=O)O. The van der Waals surface area contributed by atoms with E-state index in [4.69, 9.17) is 9.84 Å². The van der Waals surface area contributed by atoms with Crippen LogP contribution in [-0.2, 0) is 14.3 Å². The monoisotopic (exact) mass is 520 g/mol. The summed E-state index contributed by atoms with van der Waals surface area (Å²) in [5.41, 5.74) is 0. The molecule has 1 unspecified atom stereocenters. The number of esters is 1. The minimum Gasteiger partial charge on any atom is -0.481 e. The molecule has 0 heterocycles. The zero-order chi connectivity index (χ0) is 27.2. The maximum absolute atomic E-state index is 12.0. The van der Waals surface area contributed by atoms with E-state index in [2.05, 4.69) is 25.7 Å². The largest absolute Gasteiger partial charge is 0.481 e. The van der Waals surface area contributed by atoms with Crippen molar-refractivity contribution < 1.29 is 19.4 Å². The standard InChI is InChI=1S/C33H60O4/c1-3-5-6-7-8-9-10-11-12-13-14-15-16-17-18-19-20-21-22-23-24-25-26-27-28-31(30-32(34)35)33(36)37-29-4-2/h4,17-18,31H,2-3,5-16,19-30H2,1H3,(H,34,35)/b18-17+. The number of aliphatic carboxylic acids is 1. The first-order chi connectivity index (χ1) is 18.1. The molecule has 1 atom stereocenters. The van der Waals surface area contributed by atoms with Crippen LogP contribution in [0.1, 0.15) is 161 Å². The first kappa shape index (κ1) is 35.4. The second-order valence-corrected chi connectivity index (χ2v) is 10.8. The molecule has 0 aromatic heterocycles. The third-order valence-corrected chi connectivity index (χ3v) is 7.16. The van der Waals surface area contributed by atoms with Crippen LogP contribution in [0.5, 0.6) is 0 Å². The molecule has 0 amide bonds. The lowest BCUT2D eigenvalue weighted by Gasteiger charge is -2.13. The van der Waals surface area contributed by atoms with Crippen LogP contribution in [-0.4, -0.2) is 23.7 Å². The Balaban J connectivity index is 3.40. The number of hydrogen-bond acceptors (Lipinski definition) is 3. The van der Waals surface area contributed by atoms with Crippen LogP contribution in [0.4, 0.5) is 0 Å². The lowest BCUT2D eigenvalue weighted by atomic mass is 9.97. The molecule has 0 radical (unpaired) electrons. The molecule has 0 aliphatic heterocycles. The molecule has 37 heavy (non-hydrogen) atoms. The molecule has 0 spiro atoms. The Morgan fingerprint density at radius 3 is 1.49 bits per heavy atom. The van der Waals surface area contributed by atoms with Crippen molar-refractivity contribution in [3.63, 3.8) is 0 Å². The summed E-state index contributed by atoms with van der Waals surface area (Å²) in [5.74, 6) is -1.89. The molecule has 216 valence electrons. The first-order valence-corrected chi connectivity index (χ1v) is 15.8. The topological polar surface area (TPSA) is 63.6 Å². The number of carboxylic acids is 1. The lowest BCUT2D eigenvalue weighted by molar-refractivity contribution is -0.152. The average molecular weight is 521 g/mol. The van der Waals surface area contributed by atoms with Crippen molar-refractivity contribution in [2.45, 2.75) is 161 Å². The summed E-state index contributed by atoms with van der Waals surface area (Å²) in [6.07, 6.45) is 35.6. The fourth-order valence-corrected chi connectivity index (χ4v) is 4.83. The van der Waals surface area contributed by atoms with Crippen LogP contribution in [0.15, 0.2) is 24.8 Å². The molecular formula is C33H60O4. The third-order valence-electron chi connectivity index (χ3n) is 7.16. The Morgan fingerprint density at radius 2 is 1.08 bits per heavy atom. The van der Waals surface area contributed by atoms with Crippen molar-refractivity contribution >= 4 is 11.9 Å². The van der Waals surface area contributed by atoms with Gasteiger partial charge in [-0.15, -0.1) is 0 Å². The number of carbonyl (C=O) groups is 2. The molecule has 0 fully saturated rings. The van der Waals surface area contributed by atoms with E-state index in [1.807, 2.05) is 0 Å². The molecule has 0 rings (SSSR count). The second kappa shape index (κ2) is 29.0. The van der Waals surface area contributed by atoms with Crippen molar-refractivity contribution in [1.29, 1.82) is 0 Å². The van der Waals surface area contributed by atoms with Gasteiger partial charge < -0.3 is 9.84 Å². The predicted molar refractivity (Wildman–Crippen MR) is 158 cm³/mol. The second-order valence-electron chi connectivity index (χ2n) is 10.8. The van der Waals surface area contributed by atoms with Gasteiger partial charge in [-0.3, -0.25) is 9.59 Å².